The van der Waals surface area contributed by atoms with E-state index in [1.165, 1.54) is 19.3 Å². The highest BCUT2D eigenvalue weighted by Crippen LogP contribution is 2.39. The number of rotatable bonds is 2. The first-order valence-corrected chi connectivity index (χ1v) is 4.04. The number of hydrogen-bond acceptors (Lipinski definition) is 2. The molecule has 0 radical (unpaired) electrons. The molecule has 0 N–H and O–H groups in total. The number of fused-ring (bicyclic) bond motifs is 1. The van der Waals surface area contributed by atoms with Crippen molar-refractivity contribution in [3.63, 3.8) is 0 Å². The Balaban J connectivity index is 1.77. The average Bonchev–Trinajstić information content (AvgIpc) is 2.66. The molecule has 0 bridgehead atoms. The summed E-state index contributed by atoms with van der Waals surface area (Å²) >= 11 is 0. The lowest BCUT2D eigenvalue weighted by Gasteiger charge is -2.16. The third-order valence-electron chi connectivity index (χ3n) is 2.52. The second-order valence-electron chi connectivity index (χ2n) is 3.35. The quantitative estimate of drug-likeness (QED) is 0.540. The first-order chi connectivity index (χ1) is 4.90. The molecule has 3 atom stereocenters. The van der Waals surface area contributed by atoms with Crippen molar-refractivity contribution in [3.8, 4) is 0 Å². The Bertz CT molecular complexity index is 124. The van der Waals surface area contributed by atoms with Crippen LogP contribution in [0.3, 0.4) is 0 Å². The molecule has 1 aliphatic carbocycles. The minimum atomic E-state index is 0.605. The normalized spacial score (nSPS) is 44.7. The zero-order valence-electron chi connectivity index (χ0n) is 6.38. The van der Waals surface area contributed by atoms with Crippen molar-refractivity contribution in [2.24, 2.45) is 5.92 Å². The molecule has 0 amide bonds. The van der Waals surface area contributed by atoms with Crippen LogP contribution in [0.4, 0.5) is 0 Å². The molecule has 2 heteroatoms. The van der Waals surface area contributed by atoms with Crippen molar-refractivity contribution in [2.75, 3.05) is 13.7 Å². The Morgan fingerprint density at radius 3 is 3.00 bits per heavy atom. The van der Waals surface area contributed by atoms with Crippen LogP contribution in [0.5, 0.6) is 0 Å². The molecular weight excluding hydrogens is 128 g/mol. The van der Waals surface area contributed by atoms with Crippen molar-refractivity contribution < 1.29 is 9.47 Å². The lowest BCUT2D eigenvalue weighted by molar-refractivity contribution is 0.136. The highest BCUT2D eigenvalue weighted by atomic mass is 16.6. The van der Waals surface area contributed by atoms with Crippen LogP contribution in [0, 0.1) is 5.92 Å². The highest BCUT2D eigenvalue weighted by Gasteiger charge is 2.43. The van der Waals surface area contributed by atoms with Gasteiger partial charge in [-0.25, -0.2) is 0 Å². The zero-order valence-corrected chi connectivity index (χ0v) is 6.38. The minimum absolute atomic E-state index is 0.605. The van der Waals surface area contributed by atoms with Gasteiger partial charge >= 0.3 is 0 Å². The van der Waals surface area contributed by atoms with Crippen molar-refractivity contribution in [2.45, 2.75) is 31.5 Å². The van der Waals surface area contributed by atoms with E-state index < -0.39 is 0 Å². The molecule has 0 aromatic rings. The van der Waals surface area contributed by atoms with Crippen molar-refractivity contribution in [1.82, 2.24) is 0 Å². The first-order valence-electron chi connectivity index (χ1n) is 4.04. The standard InChI is InChI=1S/C8H14O2/c1-9-5-6-2-3-7-8(4-6)10-7/h6-8H,2-5H2,1H3/t6-,7?,8?/m0/s1. The van der Waals surface area contributed by atoms with Gasteiger partial charge in [-0.2, -0.15) is 0 Å². The van der Waals surface area contributed by atoms with Crippen molar-refractivity contribution in [3.05, 3.63) is 0 Å². The maximum atomic E-state index is 5.40. The Labute approximate surface area is 61.5 Å². The van der Waals surface area contributed by atoms with E-state index in [9.17, 15) is 0 Å². The maximum Gasteiger partial charge on any atom is 0.0845 e. The van der Waals surface area contributed by atoms with Crippen LogP contribution in [0.2, 0.25) is 0 Å². The monoisotopic (exact) mass is 142 g/mol. The molecule has 58 valence electrons. The molecule has 2 aliphatic rings. The summed E-state index contributed by atoms with van der Waals surface area (Å²) in [4.78, 5) is 0. The van der Waals surface area contributed by atoms with Crippen LogP contribution >= 0.6 is 0 Å². The number of methoxy groups -OCH3 is 1. The van der Waals surface area contributed by atoms with Crippen LogP contribution in [-0.4, -0.2) is 25.9 Å². The molecule has 10 heavy (non-hydrogen) atoms. The smallest absolute Gasteiger partial charge is 0.0845 e. The van der Waals surface area contributed by atoms with Gasteiger partial charge in [0.2, 0.25) is 0 Å². The van der Waals surface area contributed by atoms with E-state index in [2.05, 4.69) is 0 Å². The summed E-state index contributed by atoms with van der Waals surface area (Å²) in [6.07, 6.45) is 5.04. The van der Waals surface area contributed by atoms with Gasteiger partial charge in [0.25, 0.3) is 0 Å². The molecule has 1 aliphatic heterocycles. The predicted octanol–water partition coefficient (Wildman–Crippen LogP) is 1.20. The minimum Gasteiger partial charge on any atom is -0.384 e. The SMILES string of the molecule is COC[C@H]1CCC2OC2C1. The van der Waals surface area contributed by atoms with Crippen LogP contribution in [0.25, 0.3) is 0 Å². The largest absolute Gasteiger partial charge is 0.384 e. The van der Waals surface area contributed by atoms with Gasteiger partial charge in [-0.3, -0.25) is 0 Å². The summed E-state index contributed by atoms with van der Waals surface area (Å²) in [6, 6.07) is 0. The molecule has 0 aromatic carbocycles. The molecule has 2 unspecified atom stereocenters. The molecule has 2 rings (SSSR count). The van der Waals surface area contributed by atoms with Gasteiger partial charge in [-0.05, 0) is 25.2 Å². The summed E-state index contributed by atoms with van der Waals surface area (Å²) < 4.78 is 10.5. The summed E-state index contributed by atoms with van der Waals surface area (Å²) in [6.45, 7) is 0.923. The lowest BCUT2D eigenvalue weighted by atomic mass is 9.90. The fourth-order valence-electron chi connectivity index (χ4n) is 1.87. The van der Waals surface area contributed by atoms with Crippen LogP contribution in [0.1, 0.15) is 19.3 Å². The second-order valence-corrected chi connectivity index (χ2v) is 3.35. The van der Waals surface area contributed by atoms with Crippen LogP contribution in [-0.2, 0) is 9.47 Å². The van der Waals surface area contributed by atoms with E-state index in [0.717, 1.165) is 12.5 Å². The van der Waals surface area contributed by atoms with Gasteiger partial charge < -0.3 is 9.47 Å². The molecule has 0 aromatic heterocycles. The van der Waals surface area contributed by atoms with E-state index in [1.807, 2.05) is 0 Å². The summed E-state index contributed by atoms with van der Waals surface area (Å²) in [7, 11) is 1.78. The molecule has 0 spiro atoms. The Morgan fingerprint density at radius 1 is 1.40 bits per heavy atom. The molecule has 2 fully saturated rings. The van der Waals surface area contributed by atoms with E-state index in [4.69, 9.17) is 9.47 Å². The van der Waals surface area contributed by atoms with Gasteiger partial charge in [0.15, 0.2) is 0 Å². The fourth-order valence-corrected chi connectivity index (χ4v) is 1.87. The second kappa shape index (κ2) is 2.51. The maximum absolute atomic E-state index is 5.40. The third-order valence-corrected chi connectivity index (χ3v) is 2.52. The molecule has 2 nitrogen and oxygen atoms in total. The van der Waals surface area contributed by atoms with E-state index >= 15 is 0 Å². The number of epoxide rings is 1. The van der Waals surface area contributed by atoms with E-state index in [0.29, 0.717) is 12.2 Å². The number of hydrogen-bond donors (Lipinski definition) is 0. The van der Waals surface area contributed by atoms with Gasteiger partial charge in [-0.15, -0.1) is 0 Å². The van der Waals surface area contributed by atoms with Crippen LogP contribution in [0.15, 0.2) is 0 Å². The fraction of sp³-hybridized carbons (Fsp3) is 1.00. The lowest BCUT2D eigenvalue weighted by Crippen LogP contribution is -2.17. The van der Waals surface area contributed by atoms with Gasteiger partial charge in [0.05, 0.1) is 12.2 Å². The highest BCUT2D eigenvalue weighted by molar-refractivity contribution is 4.91. The van der Waals surface area contributed by atoms with Gasteiger partial charge in [0, 0.05) is 13.7 Å². The zero-order chi connectivity index (χ0) is 6.97. The Kier molecular flexibility index (Phi) is 1.66. The van der Waals surface area contributed by atoms with Gasteiger partial charge in [0.1, 0.15) is 0 Å². The predicted molar refractivity (Wildman–Crippen MR) is 37.9 cm³/mol. The summed E-state index contributed by atoms with van der Waals surface area (Å²) in [5.74, 6) is 0.772. The first kappa shape index (κ1) is 6.62. The molecule has 1 saturated heterocycles. The average molecular weight is 142 g/mol. The number of ether oxygens (including phenoxy) is 2. The molecule has 1 heterocycles. The Hall–Kier alpha value is -0.0800. The molecular formula is C8H14O2. The van der Waals surface area contributed by atoms with Crippen molar-refractivity contribution >= 4 is 0 Å². The summed E-state index contributed by atoms with van der Waals surface area (Å²) in [5, 5.41) is 0. The summed E-state index contributed by atoms with van der Waals surface area (Å²) in [5.41, 5.74) is 0. The third kappa shape index (κ3) is 1.18. The molecule has 1 saturated carbocycles. The van der Waals surface area contributed by atoms with E-state index in [-0.39, 0.29) is 0 Å². The topological polar surface area (TPSA) is 21.8 Å². The van der Waals surface area contributed by atoms with Crippen molar-refractivity contribution in [1.29, 1.82) is 0 Å². The Morgan fingerprint density at radius 2 is 2.30 bits per heavy atom. The van der Waals surface area contributed by atoms with Gasteiger partial charge in [-0.1, -0.05) is 0 Å². The van der Waals surface area contributed by atoms with E-state index in [1.54, 1.807) is 7.11 Å². The van der Waals surface area contributed by atoms with Crippen LogP contribution < -0.4 is 0 Å².